The highest BCUT2D eigenvalue weighted by Crippen LogP contribution is 2.29. The van der Waals surface area contributed by atoms with Gasteiger partial charge in [0.05, 0.1) is 7.11 Å². The minimum absolute atomic E-state index is 0.0638. The average Bonchev–Trinajstić information content (AvgIpc) is 2.86. The standard InChI is InChI=1S/C29H27FN2O4/c1-18(33)31-26(15-19-8-7-11-22(30)14-19)28(34)32-27(29(35)36-2)17-25-23-12-5-3-9-20(23)16-21-10-4-6-13-24(21)25/h3-14,16,26-27H,15,17H2,1-2H3,(H,31,33)(H,32,34)/t26-,27-/m1/s1. The van der Waals surface area contributed by atoms with Crippen LogP contribution in [0.1, 0.15) is 18.1 Å². The van der Waals surface area contributed by atoms with Crippen LogP contribution in [0.3, 0.4) is 0 Å². The van der Waals surface area contributed by atoms with E-state index in [4.69, 9.17) is 4.74 Å². The molecule has 2 atom stereocenters. The van der Waals surface area contributed by atoms with Gasteiger partial charge in [0.15, 0.2) is 0 Å². The number of esters is 1. The molecule has 0 saturated heterocycles. The topological polar surface area (TPSA) is 84.5 Å². The van der Waals surface area contributed by atoms with Crippen LogP contribution in [0.2, 0.25) is 0 Å². The SMILES string of the molecule is COC(=O)[C@@H](Cc1c2ccccc2cc2ccccc12)NC(=O)[C@@H](Cc1cccc(F)c1)NC(C)=O. The first-order valence-corrected chi connectivity index (χ1v) is 11.6. The number of methoxy groups -OCH3 is 1. The number of ether oxygens (including phenoxy) is 1. The van der Waals surface area contributed by atoms with Crippen molar-refractivity contribution in [1.29, 1.82) is 0 Å². The molecule has 0 heterocycles. The van der Waals surface area contributed by atoms with E-state index in [0.717, 1.165) is 27.1 Å². The highest BCUT2D eigenvalue weighted by molar-refractivity contribution is 6.03. The molecule has 0 aliphatic heterocycles. The third-order valence-corrected chi connectivity index (χ3v) is 6.12. The Hall–Kier alpha value is -4.26. The molecule has 0 aliphatic rings. The van der Waals surface area contributed by atoms with E-state index in [1.54, 1.807) is 6.07 Å². The van der Waals surface area contributed by atoms with Gasteiger partial charge in [0.25, 0.3) is 0 Å². The van der Waals surface area contributed by atoms with Crippen molar-refractivity contribution in [3.8, 4) is 0 Å². The Morgan fingerprint density at radius 1 is 0.806 bits per heavy atom. The molecule has 0 aromatic heterocycles. The minimum Gasteiger partial charge on any atom is -0.467 e. The Bertz CT molecular complexity index is 1380. The van der Waals surface area contributed by atoms with Crippen LogP contribution in [0, 0.1) is 5.82 Å². The van der Waals surface area contributed by atoms with Gasteiger partial charge in [-0.15, -0.1) is 0 Å². The minimum atomic E-state index is -1.000. The number of hydrogen-bond donors (Lipinski definition) is 2. The van der Waals surface area contributed by atoms with E-state index < -0.39 is 35.7 Å². The monoisotopic (exact) mass is 486 g/mol. The summed E-state index contributed by atoms with van der Waals surface area (Å²) < 4.78 is 18.7. The first-order chi connectivity index (χ1) is 17.4. The molecule has 36 heavy (non-hydrogen) atoms. The molecule has 0 bridgehead atoms. The van der Waals surface area contributed by atoms with Gasteiger partial charge >= 0.3 is 5.97 Å². The van der Waals surface area contributed by atoms with Crippen LogP contribution < -0.4 is 10.6 Å². The number of nitrogens with one attached hydrogen (secondary N) is 2. The van der Waals surface area contributed by atoms with Crippen LogP contribution in [0.25, 0.3) is 21.5 Å². The molecule has 2 amide bonds. The summed E-state index contributed by atoms with van der Waals surface area (Å²) in [5.74, 6) is -2.02. The van der Waals surface area contributed by atoms with E-state index in [9.17, 15) is 18.8 Å². The van der Waals surface area contributed by atoms with Crippen molar-refractivity contribution in [1.82, 2.24) is 10.6 Å². The van der Waals surface area contributed by atoms with Crippen LogP contribution in [-0.2, 0) is 32.0 Å². The highest BCUT2D eigenvalue weighted by atomic mass is 19.1. The van der Waals surface area contributed by atoms with E-state index in [-0.39, 0.29) is 12.8 Å². The third-order valence-electron chi connectivity index (χ3n) is 6.12. The average molecular weight is 487 g/mol. The molecular weight excluding hydrogens is 459 g/mol. The molecule has 0 spiro atoms. The van der Waals surface area contributed by atoms with Crippen molar-refractivity contribution in [3.63, 3.8) is 0 Å². The second-order valence-corrected chi connectivity index (χ2v) is 8.67. The molecule has 4 rings (SSSR count). The summed E-state index contributed by atoms with van der Waals surface area (Å²) in [6, 6.07) is 21.6. The van der Waals surface area contributed by atoms with Gasteiger partial charge in [-0.25, -0.2) is 9.18 Å². The Balaban J connectivity index is 1.67. The van der Waals surface area contributed by atoms with Gasteiger partial charge in [-0.1, -0.05) is 60.7 Å². The van der Waals surface area contributed by atoms with Crippen LogP contribution in [0.5, 0.6) is 0 Å². The van der Waals surface area contributed by atoms with Crippen LogP contribution >= 0.6 is 0 Å². The molecule has 0 radical (unpaired) electrons. The second kappa shape index (κ2) is 11.0. The van der Waals surface area contributed by atoms with Gasteiger partial charge in [-0.2, -0.15) is 0 Å². The Labute approximate surface area is 208 Å². The quantitative estimate of drug-likeness (QED) is 0.290. The van der Waals surface area contributed by atoms with E-state index in [1.165, 1.54) is 32.2 Å². The summed E-state index contributed by atoms with van der Waals surface area (Å²) in [5.41, 5.74) is 1.44. The van der Waals surface area contributed by atoms with Crippen molar-refractivity contribution in [3.05, 3.63) is 95.8 Å². The lowest BCUT2D eigenvalue weighted by molar-refractivity contribution is -0.145. The van der Waals surface area contributed by atoms with Gasteiger partial charge in [-0.05, 0) is 50.9 Å². The van der Waals surface area contributed by atoms with Crippen molar-refractivity contribution in [2.24, 2.45) is 0 Å². The second-order valence-electron chi connectivity index (χ2n) is 8.67. The Kier molecular flexibility index (Phi) is 7.59. The Morgan fingerprint density at radius 2 is 1.44 bits per heavy atom. The normalized spacial score (nSPS) is 12.6. The zero-order chi connectivity index (χ0) is 25.7. The fourth-order valence-corrected chi connectivity index (χ4v) is 4.49. The number of rotatable bonds is 8. The summed E-state index contributed by atoms with van der Waals surface area (Å²) in [4.78, 5) is 37.9. The molecular formula is C29H27FN2O4. The van der Waals surface area contributed by atoms with Crippen LogP contribution in [0.4, 0.5) is 4.39 Å². The van der Waals surface area contributed by atoms with Crippen molar-refractivity contribution >= 4 is 39.3 Å². The summed E-state index contributed by atoms with van der Waals surface area (Å²) >= 11 is 0. The molecule has 0 unspecified atom stereocenters. The van der Waals surface area contributed by atoms with E-state index in [0.29, 0.717) is 5.56 Å². The van der Waals surface area contributed by atoms with E-state index in [2.05, 4.69) is 16.7 Å². The number of hydrogen-bond acceptors (Lipinski definition) is 4. The molecule has 0 saturated carbocycles. The summed E-state index contributed by atoms with van der Waals surface area (Å²) in [6.07, 6.45) is 0.251. The van der Waals surface area contributed by atoms with Gasteiger partial charge in [0.1, 0.15) is 17.9 Å². The highest BCUT2D eigenvalue weighted by Gasteiger charge is 2.28. The zero-order valence-corrected chi connectivity index (χ0v) is 20.1. The number of halogens is 1. The lowest BCUT2D eigenvalue weighted by Gasteiger charge is -2.23. The molecule has 0 aliphatic carbocycles. The predicted octanol–water partition coefficient (Wildman–Crippen LogP) is 4.08. The van der Waals surface area contributed by atoms with Crippen LogP contribution in [-0.4, -0.2) is 37.0 Å². The zero-order valence-electron chi connectivity index (χ0n) is 20.1. The maximum atomic E-state index is 13.7. The maximum absolute atomic E-state index is 13.7. The molecule has 4 aromatic rings. The lowest BCUT2D eigenvalue weighted by Crippen LogP contribution is -2.53. The molecule has 7 heteroatoms. The first-order valence-electron chi connectivity index (χ1n) is 11.6. The fourth-order valence-electron chi connectivity index (χ4n) is 4.49. The van der Waals surface area contributed by atoms with E-state index >= 15 is 0 Å². The van der Waals surface area contributed by atoms with Gasteiger partial charge in [0, 0.05) is 19.8 Å². The predicted molar refractivity (Wildman–Crippen MR) is 137 cm³/mol. The molecule has 6 nitrogen and oxygen atoms in total. The van der Waals surface area contributed by atoms with Gasteiger partial charge in [0.2, 0.25) is 11.8 Å². The fraction of sp³-hybridized carbons (Fsp3) is 0.207. The van der Waals surface area contributed by atoms with Crippen molar-refractivity contribution < 1.29 is 23.5 Å². The number of fused-ring (bicyclic) bond motifs is 2. The van der Waals surface area contributed by atoms with E-state index in [1.807, 2.05) is 48.5 Å². The number of carbonyl (C=O) groups is 3. The largest absolute Gasteiger partial charge is 0.467 e. The smallest absolute Gasteiger partial charge is 0.328 e. The van der Waals surface area contributed by atoms with Crippen molar-refractivity contribution in [2.75, 3.05) is 7.11 Å². The number of benzene rings is 4. The summed E-state index contributed by atoms with van der Waals surface area (Å²) in [7, 11) is 1.26. The summed E-state index contributed by atoms with van der Waals surface area (Å²) in [5, 5.41) is 9.35. The molecule has 4 aromatic carbocycles. The Morgan fingerprint density at radius 3 is 2.03 bits per heavy atom. The third kappa shape index (κ3) is 5.68. The first kappa shape index (κ1) is 24.9. The number of carbonyl (C=O) groups excluding carboxylic acids is 3. The molecule has 2 N–H and O–H groups in total. The van der Waals surface area contributed by atoms with Gasteiger partial charge < -0.3 is 15.4 Å². The van der Waals surface area contributed by atoms with Crippen LogP contribution in [0.15, 0.2) is 78.9 Å². The summed E-state index contributed by atoms with van der Waals surface area (Å²) in [6.45, 7) is 1.30. The molecule has 0 fully saturated rings. The molecule has 184 valence electrons. The number of amides is 2. The maximum Gasteiger partial charge on any atom is 0.328 e. The van der Waals surface area contributed by atoms with Crippen molar-refractivity contribution in [2.45, 2.75) is 31.8 Å². The lowest BCUT2D eigenvalue weighted by atomic mass is 9.92. The van der Waals surface area contributed by atoms with Gasteiger partial charge in [-0.3, -0.25) is 9.59 Å².